The Morgan fingerprint density at radius 1 is 0.912 bits per heavy atom. The molecule has 2 aromatic carbocycles. The monoisotopic (exact) mass is 469 g/mol. The maximum absolute atomic E-state index is 12.2. The first-order valence-electron chi connectivity index (χ1n) is 10.9. The molecule has 0 aliphatic heterocycles. The normalized spacial score (nSPS) is 10.3. The van der Waals surface area contributed by atoms with Crippen molar-refractivity contribution in [3.8, 4) is 0 Å². The van der Waals surface area contributed by atoms with E-state index in [0.717, 1.165) is 19.3 Å². The van der Waals surface area contributed by atoms with Gasteiger partial charge in [0.15, 0.2) is 12.4 Å². The minimum atomic E-state index is -0.659. The van der Waals surface area contributed by atoms with Gasteiger partial charge in [-0.1, -0.05) is 19.8 Å². The van der Waals surface area contributed by atoms with Gasteiger partial charge in [0.25, 0.3) is 11.6 Å². The highest BCUT2D eigenvalue weighted by Crippen LogP contribution is 2.13. The minimum absolute atomic E-state index is 0.0184. The Hall–Kier alpha value is -4.08. The molecule has 10 heteroatoms. The number of Topliss-reactive ketones (excluding diaryl/α,β-unsaturated/α-hetero) is 1. The number of amides is 2. The number of ketones is 1. The summed E-state index contributed by atoms with van der Waals surface area (Å²) in [6.07, 6.45) is 3.15. The molecule has 0 spiro atoms. The van der Waals surface area contributed by atoms with Crippen LogP contribution in [0.2, 0.25) is 0 Å². The van der Waals surface area contributed by atoms with E-state index in [1.807, 2.05) is 0 Å². The van der Waals surface area contributed by atoms with Gasteiger partial charge in [-0.2, -0.15) is 0 Å². The van der Waals surface area contributed by atoms with E-state index in [2.05, 4.69) is 17.6 Å². The molecule has 0 fully saturated rings. The summed E-state index contributed by atoms with van der Waals surface area (Å²) >= 11 is 0. The Bertz CT molecular complexity index is 1020. The number of unbranched alkanes of at least 4 members (excludes halogenated alkanes) is 2. The Labute approximate surface area is 196 Å². The SMILES string of the molecule is CCCCCC(=O)Nc1ccc(C(=O)COC(=O)CCNC(=O)c2ccc([N+](=O)[O-])cc2)cc1. The first-order valence-corrected chi connectivity index (χ1v) is 10.9. The largest absolute Gasteiger partial charge is 0.457 e. The van der Waals surface area contributed by atoms with E-state index >= 15 is 0 Å². The minimum Gasteiger partial charge on any atom is -0.457 e. The van der Waals surface area contributed by atoms with Crippen molar-refractivity contribution in [3.63, 3.8) is 0 Å². The predicted octanol–water partition coefficient (Wildman–Crippen LogP) is 3.66. The highest BCUT2D eigenvalue weighted by molar-refractivity contribution is 5.99. The maximum Gasteiger partial charge on any atom is 0.308 e. The zero-order valence-corrected chi connectivity index (χ0v) is 18.9. The van der Waals surface area contributed by atoms with Gasteiger partial charge in [0.1, 0.15) is 0 Å². The van der Waals surface area contributed by atoms with Gasteiger partial charge in [-0.3, -0.25) is 29.3 Å². The summed E-state index contributed by atoms with van der Waals surface area (Å²) in [5.74, 6) is -1.63. The van der Waals surface area contributed by atoms with Crippen LogP contribution in [0.1, 0.15) is 59.7 Å². The Kier molecular flexibility index (Phi) is 10.4. The van der Waals surface area contributed by atoms with E-state index in [0.29, 0.717) is 17.7 Å². The molecule has 0 bridgehead atoms. The molecule has 0 radical (unpaired) electrons. The molecule has 180 valence electrons. The van der Waals surface area contributed by atoms with E-state index in [4.69, 9.17) is 4.74 Å². The van der Waals surface area contributed by atoms with Crippen LogP contribution in [-0.4, -0.2) is 41.6 Å². The van der Waals surface area contributed by atoms with Gasteiger partial charge in [0.2, 0.25) is 5.91 Å². The van der Waals surface area contributed by atoms with Gasteiger partial charge >= 0.3 is 5.97 Å². The van der Waals surface area contributed by atoms with Crippen molar-refractivity contribution in [1.82, 2.24) is 5.32 Å². The van der Waals surface area contributed by atoms with E-state index < -0.39 is 29.2 Å². The van der Waals surface area contributed by atoms with Crippen molar-refractivity contribution in [3.05, 3.63) is 69.8 Å². The van der Waals surface area contributed by atoms with Crippen molar-refractivity contribution in [2.75, 3.05) is 18.5 Å². The zero-order valence-electron chi connectivity index (χ0n) is 18.9. The van der Waals surface area contributed by atoms with Gasteiger partial charge in [-0.25, -0.2) is 0 Å². The molecule has 0 saturated carbocycles. The third-order valence-corrected chi connectivity index (χ3v) is 4.82. The molecule has 34 heavy (non-hydrogen) atoms. The predicted molar refractivity (Wildman–Crippen MR) is 125 cm³/mol. The number of hydrogen-bond acceptors (Lipinski definition) is 7. The van der Waals surface area contributed by atoms with E-state index in [1.165, 1.54) is 24.3 Å². The fraction of sp³-hybridized carbons (Fsp3) is 0.333. The standard InChI is InChI=1S/C24H27N3O7/c1-2-3-4-5-22(29)26-19-10-6-17(7-11-19)21(28)16-34-23(30)14-15-25-24(31)18-8-12-20(13-9-18)27(32)33/h6-13H,2-5,14-16H2,1H3,(H,25,31)(H,26,29). The molecule has 0 aliphatic carbocycles. The number of non-ortho nitro benzene ring substituents is 1. The van der Waals surface area contributed by atoms with Gasteiger partial charge in [-0.05, 0) is 42.8 Å². The number of nitro groups is 1. The molecule has 2 rings (SSSR count). The molecule has 0 unspecified atom stereocenters. The number of carbonyl (C=O) groups excluding carboxylic acids is 4. The number of anilines is 1. The average molecular weight is 469 g/mol. The lowest BCUT2D eigenvalue weighted by atomic mass is 10.1. The van der Waals surface area contributed by atoms with Crippen LogP contribution in [0.4, 0.5) is 11.4 Å². The first-order chi connectivity index (χ1) is 16.3. The zero-order chi connectivity index (χ0) is 24.9. The molecular formula is C24H27N3O7. The summed E-state index contributed by atoms with van der Waals surface area (Å²) in [7, 11) is 0. The van der Waals surface area contributed by atoms with Crippen LogP contribution in [0, 0.1) is 10.1 Å². The number of rotatable bonds is 13. The maximum atomic E-state index is 12.2. The highest BCUT2D eigenvalue weighted by atomic mass is 16.6. The number of nitro benzene ring substituents is 1. The summed E-state index contributed by atoms with van der Waals surface area (Å²) in [6.45, 7) is 1.60. The summed E-state index contributed by atoms with van der Waals surface area (Å²) in [5.41, 5.74) is 1.00. The molecule has 0 saturated heterocycles. The second-order valence-electron chi connectivity index (χ2n) is 7.48. The summed E-state index contributed by atoms with van der Waals surface area (Å²) in [5, 5.41) is 15.9. The summed E-state index contributed by atoms with van der Waals surface area (Å²) < 4.78 is 4.95. The average Bonchev–Trinajstić information content (AvgIpc) is 2.83. The van der Waals surface area contributed by atoms with Crippen LogP contribution >= 0.6 is 0 Å². The molecular weight excluding hydrogens is 442 g/mol. The molecule has 2 N–H and O–H groups in total. The van der Waals surface area contributed by atoms with Crippen LogP contribution in [0.3, 0.4) is 0 Å². The third kappa shape index (κ3) is 8.81. The van der Waals surface area contributed by atoms with E-state index in [1.54, 1.807) is 24.3 Å². The van der Waals surface area contributed by atoms with Crippen molar-refractivity contribution in [1.29, 1.82) is 0 Å². The highest BCUT2D eigenvalue weighted by Gasteiger charge is 2.13. The van der Waals surface area contributed by atoms with Crippen LogP contribution in [0.15, 0.2) is 48.5 Å². The number of nitrogens with zero attached hydrogens (tertiary/aromatic N) is 1. The molecule has 2 amide bonds. The Morgan fingerprint density at radius 2 is 1.56 bits per heavy atom. The van der Waals surface area contributed by atoms with Crippen molar-refractivity contribution < 1.29 is 28.8 Å². The van der Waals surface area contributed by atoms with Crippen LogP contribution in [0.25, 0.3) is 0 Å². The number of nitrogens with one attached hydrogen (secondary N) is 2. The number of hydrogen-bond donors (Lipinski definition) is 2. The van der Waals surface area contributed by atoms with Crippen LogP contribution < -0.4 is 10.6 Å². The van der Waals surface area contributed by atoms with E-state index in [9.17, 15) is 29.3 Å². The Balaban J connectivity index is 1.70. The number of benzene rings is 2. The number of ether oxygens (including phenoxy) is 1. The van der Waals surface area contributed by atoms with Crippen LogP contribution in [-0.2, 0) is 14.3 Å². The van der Waals surface area contributed by atoms with Gasteiger partial charge in [0.05, 0.1) is 11.3 Å². The van der Waals surface area contributed by atoms with Crippen molar-refractivity contribution in [2.24, 2.45) is 0 Å². The molecule has 0 aromatic heterocycles. The fourth-order valence-corrected chi connectivity index (χ4v) is 2.91. The second-order valence-corrected chi connectivity index (χ2v) is 7.48. The topological polar surface area (TPSA) is 145 Å². The quantitative estimate of drug-likeness (QED) is 0.150. The van der Waals surface area contributed by atoms with E-state index in [-0.39, 0.29) is 30.1 Å². The second kappa shape index (κ2) is 13.5. The van der Waals surface area contributed by atoms with Crippen LogP contribution in [0.5, 0.6) is 0 Å². The Morgan fingerprint density at radius 3 is 2.18 bits per heavy atom. The van der Waals surface area contributed by atoms with Gasteiger partial charge in [-0.15, -0.1) is 0 Å². The first kappa shape index (κ1) is 26.2. The lowest BCUT2D eigenvalue weighted by Gasteiger charge is -2.08. The van der Waals surface area contributed by atoms with Crippen molar-refractivity contribution >= 4 is 34.9 Å². The lowest BCUT2D eigenvalue weighted by Crippen LogP contribution is -2.27. The van der Waals surface area contributed by atoms with Gasteiger partial charge < -0.3 is 15.4 Å². The molecule has 0 heterocycles. The smallest absolute Gasteiger partial charge is 0.308 e. The van der Waals surface area contributed by atoms with Gasteiger partial charge in [0, 0.05) is 41.9 Å². The molecule has 2 aromatic rings. The fourth-order valence-electron chi connectivity index (χ4n) is 2.91. The molecule has 10 nitrogen and oxygen atoms in total. The summed E-state index contributed by atoms with van der Waals surface area (Å²) in [6, 6.07) is 11.4. The third-order valence-electron chi connectivity index (χ3n) is 4.82. The number of esters is 1. The molecule has 0 atom stereocenters. The number of carbonyl (C=O) groups is 4. The molecule has 0 aliphatic rings. The summed E-state index contributed by atoms with van der Waals surface area (Å²) in [4.78, 5) is 58.0. The lowest BCUT2D eigenvalue weighted by molar-refractivity contribution is -0.384. The van der Waals surface area contributed by atoms with Crippen molar-refractivity contribution in [2.45, 2.75) is 39.0 Å².